The van der Waals surface area contributed by atoms with Crippen LogP contribution in [0.3, 0.4) is 0 Å². The van der Waals surface area contributed by atoms with E-state index in [0.29, 0.717) is 22.4 Å². The summed E-state index contributed by atoms with van der Waals surface area (Å²) in [4.78, 5) is 11.3. The van der Waals surface area contributed by atoms with Gasteiger partial charge in [0.1, 0.15) is 10.8 Å². The Morgan fingerprint density at radius 3 is 2.44 bits per heavy atom. The van der Waals surface area contributed by atoms with Crippen LogP contribution in [0, 0.1) is 0 Å². The third-order valence-electron chi connectivity index (χ3n) is 2.66. The minimum Gasteiger partial charge on any atom is -0.327 e. The maximum atomic E-state index is 11.3. The summed E-state index contributed by atoms with van der Waals surface area (Å²) in [5.74, 6) is 0. The van der Waals surface area contributed by atoms with Gasteiger partial charge in [0.2, 0.25) is 0 Å². The predicted octanol–water partition coefficient (Wildman–Crippen LogP) is 4.42. The van der Waals surface area contributed by atoms with E-state index in [1.807, 2.05) is 30.3 Å². The molecule has 1 aromatic carbocycles. The third-order valence-corrected chi connectivity index (χ3v) is 3.64. The number of aromatic nitrogens is 1. The monoisotopic (exact) mass is 301 g/mol. The number of hydrogen-bond acceptors (Lipinski definition) is 1. The molecule has 0 N–H and O–H groups in total. The van der Waals surface area contributed by atoms with Crippen LogP contribution >= 0.6 is 34.8 Å². The quantitative estimate of drug-likeness (QED) is 0.766. The zero-order chi connectivity index (χ0) is 13.1. The van der Waals surface area contributed by atoms with Gasteiger partial charge >= 0.3 is 0 Å². The molecular formula is C13H10Cl3NO. The lowest BCUT2D eigenvalue weighted by atomic mass is 10.1. The molecule has 18 heavy (non-hydrogen) atoms. The van der Waals surface area contributed by atoms with Crippen LogP contribution in [-0.2, 0) is 13.0 Å². The summed E-state index contributed by atoms with van der Waals surface area (Å²) < 4.78 is 1.63. The fourth-order valence-corrected chi connectivity index (χ4v) is 2.35. The first-order valence-corrected chi connectivity index (χ1v) is 6.51. The largest absolute Gasteiger partial charge is 0.327 e. The molecule has 0 spiro atoms. The van der Waals surface area contributed by atoms with Crippen LogP contribution in [0.2, 0.25) is 10.2 Å². The molecule has 0 bridgehead atoms. The van der Waals surface area contributed by atoms with Crippen molar-refractivity contribution in [2.45, 2.75) is 13.0 Å². The van der Waals surface area contributed by atoms with E-state index in [-0.39, 0.29) is 0 Å². The lowest BCUT2D eigenvalue weighted by molar-refractivity contribution is 0.107. The normalized spacial score (nSPS) is 10.6. The highest BCUT2D eigenvalue weighted by molar-refractivity contribution is 6.67. The van der Waals surface area contributed by atoms with Crippen molar-refractivity contribution in [2.24, 2.45) is 0 Å². The van der Waals surface area contributed by atoms with Crippen LogP contribution in [0.1, 0.15) is 16.1 Å². The minimum absolute atomic E-state index is 0.322. The Bertz CT molecular complexity index is 563. The number of carbonyl (C=O) groups is 1. The van der Waals surface area contributed by atoms with Crippen molar-refractivity contribution in [1.29, 1.82) is 0 Å². The molecule has 0 aliphatic carbocycles. The van der Waals surface area contributed by atoms with Crippen molar-refractivity contribution in [3.05, 3.63) is 57.8 Å². The average molecular weight is 303 g/mol. The van der Waals surface area contributed by atoms with Crippen LogP contribution in [0.4, 0.5) is 0 Å². The molecule has 0 fully saturated rings. The Kier molecular flexibility index (Phi) is 4.33. The summed E-state index contributed by atoms with van der Waals surface area (Å²) >= 11 is 17.4. The minimum atomic E-state index is -0.558. The predicted molar refractivity (Wildman–Crippen MR) is 74.8 cm³/mol. The van der Waals surface area contributed by atoms with E-state index in [2.05, 4.69) is 0 Å². The molecule has 0 aliphatic heterocycles. The molecule has 0 atom stereocenters. The fraction of sp³-hybridized carbons (Fsp3) is 0.154. The SMILES string of the molecule is O=C(Cl)c1cc(Cl)c(Cl)n1CCc1ccccc1. The summed E-state index contributed by atoms with van der Waals surface area (Å²) in [6.07, 6.45) is 0.753. The second-order valence-corrected chi connectivity index (χ2v) is 4.94. The lowest BCUT2D eigenvalue weighted by Gasteiger charge is -2.08. The molecule has 0 radical (unpaired) electrons. The van der Waals surface area contributed by atoms with Crippen molar-refractivity contribution in [3.63, 3.8) is 0 Å². The number of aryl methyl sites for hydroxylation is 1. The van der Waals surface area contributed by atoms with Crippen molar-refractivity contribution in [3.8, 4) is 0 Å². The van der Waals surface area contributed by atoms with Crippen molar-refractivity contribution in [1.82, 2.24) is 4.57 Å². The highest BCUT2D eigenvalue weighted by Gasteiger charge is 2.16. The van der Waals surface area contributed by atoms with E-state index >= 15 is 0 Å². The van der Waals surface area contributed by atoms with Gasteiger partial charge in [0.15, 0.2) is 0 Å². The highest BCUT2D eigenvalue weighted by Crippen LogP contribution is 2.27. The van der Waals surface area contributed by atoms with E-state index in [1.54, 1.807) is 4.57 Å². The third kappa shape index (κ3) is 2.89. The van der Waals surface area contributed by atoms with Gasteiger partial charge < -0.3 is 4.57 Å². The Morgan fingerprint density at radius 2 is 1.83 bits per heavy atom. The first-order valence-electron chi connectivity index (χ1n) is 5.38. The van der Waals surface area contributed by atoms with E-state index in [1.165, 1.54) is 6.07 Å². The van der Waals surface area contributed by atoms with Crippen molar-refractivity contribution in [2.75, 3.05) is 0 Å². The maximum absolute atomic E-state index is 11.3. The van der Waals surface area contributed by atoms with Gasteiger partial charge in [-0.1, -0.05) is 53.5 Å². The topological polar surface area (TPSA) is 22.0 Å². The Hall–Kier alpha value is -0.960. The number of benzene rings is 1. The number of nitrogens with zero attached hydrogens (tertiary/aromatic N) is 1. The molecule has 5 heteroatoms. The van der Waals surface area contributed by atoms with Crippen LogP contribution in [-0.4, -0.2) is 9.81 Å². The smallest absolute Gasteiger partial charge is 0.268 e. The zero-order valence-electron chi connectivity index (χ0n) is 9.37. The van der Waals surface area contributed by atoms with Gasteiger partial charge in [0.05, 0.1) is 5.02 Å². The van der Waals surface area contributed by atoms with Crippen molar-refractivity contribution < 1.29 is 4.79 Å². The zero-order valence-corrected chi connectivity index (χ0v) is 11.6. The molecule has 0 unspecified atom stereocenters. The lowest BCUT2D eigenvalue weighted by Crippen LogP contribution is -2.07. The highest BCUT2D eigenvalue weighted by atomic mass is 35.5. The van der Waals surface area contributed by atoms with E-state index in [9.17, 15) is 4.79 Å². The molecule has 2 rings (SSSR count). The standard InChI is InChI=1S/C13H10Cl3NO/c14-10-8-11(13(16)18)17(12(10)15)7-6-9-4-2-1-3-5-9/h1-5,8H,6-7H2. The molecule has 1 heterocycles. The molecule has 0 aliphatic rings. The molecule has 0 saturated heterocycles. The molecule has 1 aromatic heterocycles. The van der Waals surface area contributed by atoms with Crippen LogP contribution in [0.5, 0.6) is 0 Å². The average Bonchev–Trinajstić information content (AvgIpc) is 2.65. The van der Waals surface area contributed by atoms with Gasteiger partial charge in [-0.15, -0.1) is 0 Å². The van der Waals surface area contributed by atoms with Gasteiger partial charge in [0.25, 0.3) is 5.24 Å². The number of hydrogen-bond donors (Lipinski definition) is 0. The molecule has 2 aromatic rings. The van der Waals surface area contributed by atoms with Gasteiger partial charge in [-0.2, -0.15) is 0 Å². The molecule has 0 saturated carbocycles. The molecule has 0 amide bonds. The summed E-state index contributed by atoms with van der Waals surface area (Å²) in [6.45, 7) is 0.559. The molecular weight excluding hydrogens is 293 g/mol. The second kappa shape index (κ2) is 5.79. The maximum Gasteiger partial charge on any atom is 0.268 e. The van der Waals surface area contributed by atoms with Gasteiger partial charge in [-0.05, 0) is 29.7 Å². The second-order valence-electron chi connectivity index (χ2n) is 3.83. The van der Waals surface area contributed by atoms with Crippen LogP contribution in [0.15, 0.2) is 36.4 Å². The fourth-order valence-electron chi connectivity index (χ4n) is 1.76. The first-order chi connectivity index (χ1) is 8.59. The Labute approximate surface area is 120 Å². The first kappa shape index (κ1) is 13.5. The summed E-state index contributed by atoms with van der Waals surface area (Å²) in [6, 6.07) is 11.4. The molecule has 2 nitrogen and oxygen atoms in total. The van der Waals surface area contributed by atoms with Crippen molar-refractivity contribution >= 4 is 40.0 Å². The van der Waals surface area contributed by atoms with E-state index in [0.717, 1.165) is 12.0 Å². The molecule has 94 valence electrons. The summed E-state index contributed by atoms with van der Waals surface area (Å²) in [7, 11) is 0. The van der Waals surface area contributed by atoms with E-state index < -0.39 is 5.24 Å². The van der Waals surface area contributed by atoms with Crippen LogP contribution < -0.4 is 0 Å². The Morgan fingerprint density at radius 1 is 1.17 bits per heavy atom. The number of carbonyl (C=O) groups excluding carboxylic acids is 1. The van der Waals surface area contributed by atoms with Gasteiger partial charge in [-0.25, -0.2) is 0 Å². The van der Waals surface area contributed by atoms with Crippen LogP contribution in [0.25, 0.3) is 0 Å². The van der Waals surface area contributed by atoms with Gasteiger partial charge in [-0.3, -0.25) is 4.79 Å². The summed E-state index contributed by atoms with van der Waals surface area (Å²) in [5, 5.41) is 0.127. The number of halogens is 3. The van der Waals surface area contributed by atoms with E-state index in [4.69, 9.17) is 34.8 Å². The van der Waals surface area contributed by atoms with Gasteiger partial charge in [0, 0.05) is 6.54 Å². The number of rotatable bonds is 4. The summed E-state index contributed by atoms with van der Waals surface area (Å²) in [5.41, 5.74) is 1.48. The Balaban J connectivity index is 2.21.